The predicted octanol–water partition coefficient (Wildman–Crippen LogP) is 1.89. The lowest BCUT2D eigenvalue weighted by Gasteiger charge is -1.98. The van der Waals surface area contributed by atoms with Crippen molar-refractivity contribution in [2.75, 3.05) is 0 Å². The van der Waals surface area contributed by atoms with Gasteiger partial charge < -0.3 is 4.98 Å². The molecule has 0 aromatic carbocycles. The number of aryl methyl sites for hydroxylation is 1. The van der Waals surface area contributed by atoms with Gasteiger partial charge in [0.2, 0.25) is 0 Å². The van der Waals surface area contributed by atoms with E-state index in [0.717, 1.165) is 17.8 Å². The van der Waals surface area contributed by atoms with E-state index >= 15 is 0 Å². The van der Waals surface area contributed by atoms with Crippen molar-refractivity contribution in [2.24, 2.45) is 0 Å². The maximum atomic E-state index is 5.79. The lowest BCUT2D eigenvalue weighted by Crippen LogP contribution is -1.98. The number of nitrogens with one attached hydrogen (secondary N) is 1. The number of nitrogens with zero attached hydrogens (tertiary/aromatic N) is 1. The third-order valence-corrected chi connectivity index (χ3v) is 1.56. The van der Waals surface area contributed by atoms with Crippen LogP contribution in [-0.4, -0.2) is 15.3 Å². The number of aromatic nitrogens is 2. The molecule has 0 saturated heterocycles. The second kappa shape index (κ2) is 3.06. The highest BCUT2D eigenvalue weighted by Crippen LogP contribution is 2.07. The van der Waals surface area contributed by atoms with Gasteiger partial charge in [-0.15, -0.1) is 11.6 Å². The predicted molar refractivity (Wildman–Crippen MR) is 42.3 cm³/mol. The molecule has 1 rings (SSSR count). The molecule has 0 aliphatic rings. The van der Waals surface area contributed by atoms with Crippen LogP contribution in [0.15, 0.2) is 6.33 Å². The summed E-state index contributed by atoms with van der Waals surface area (Å²) in [6, 6.07) is 0. The summed E-state index contributed by atoms with van der Waals surface area (Å²) >= 11 is 5.79. The first kappa shape index (κ1) is 7.61. The number of hydrogen-bond acceptors (Lipinski definition) is 1. The van der Waals surface area contributed by atoms with Crippen molar-refractivity contribution < 1.29 is 0 Å². The standard InChI is InChI=1S/C7H11ClN2/c1-5(8)3-7-6(2)9-4-10-7/h4-5H,3H2,1-2H3,(H,9,10). The van der Waals surface area contributed by atoms with Crippen LogP contribution >= 0.6 is 11.6 Å². The molecule has 1 N–H and O–H groups in total. The van der Waals surface area contributed by atoms with E-state index < -0.39 is 0 Å². The Bertz CT molecular complexity index is 205. The highest BCUT2D eigenvalue weighted by Gasteiger charge is 2.03. The van der Waals surface area contributed by atoms with Gasteiger partial charge in [-0.05, 0) is 13.8 Å². The molecule has 1 atom stereocenters. The number of hydrogen-bond donors (Lipinski definition) is 1. The molecule has 1 unspecified atom stereocenters. The number of imidazole rings is 1. The molecule has 10 heavy (non-hydrogen) atoms. The van der Waals surface area contributed by atoms with Crippen LogP contribution in [0.2, 0.25) is 0 Å². The zero-order valence-corrected chi connectivity index (χ0v) is 6.94. The third kappa shape index (κ3) is 1.74. The van der Waals surface area contributed by atoms with E-state index in [1.807, 2.05) is 13.8 Å². The third-order valence-electron chi connectivity index (χ3n) is 1.41. The molecule has 0 bridgehead atoms. The molecule has 3 heteroatoms. The van der Waals surface area contributed by atoms with E-state index in [4.69, 9.17) is 11.6 Å². The van der Waals surface area contributed by atoms with Gasteiger partial charge >= 0.3 is 0 Å². The fraction of sp³-hybridized carbons (Fsp3) is 0.571. The number of rotatable bonds is 2. The second-order valence-corrected chi connectivity index (χ2v) is 3.20. The molecule has 0 saturated carbocycles. The Labute approximate surface area is 65.6 Å². The van der Waals surface area contributed by atoms with E-state index in [0.29, 0.717) is 0 Å². The van der Waals surface area contributed by atoms with E-state index in [1.54, 1.807) is 6.33 Å². The average molecular weight is 159 g/mol. The Balaban J connectivity index is 2.65. The highest BCUT2D eigenvalue weighted by atomic mass is 35.5. The lowest BCUT2D eigenvalue weighted by molar-refractivity contribution is 0.891. The lowest BCUT2D eigenvalue weighted by atomic mass is 10.2. The van der Waals surface area contributed by atoms with Gasteiger partial charge in [-0.25, -0.2) is 4.98 Å². The van der Waals surface area contributed by atoms with Crippen LogP contribution in [0.3, 0.4) is 0 Å². The highest BCUT2D eigenvalue weighted by molar-refractivity contribution is 6.20. The number of halogens is 1. The van der Waals surface area contributed by atoms with Crippen molar-refractivity contribution in [3.05, 3.63) is 17.7 Å². The van der Waals surface area contributed by atoms with Gasteiger partial charge in [0.15, 0.2) is 0 Å². The number of alkyl halides is 1. The molecular formula is C7H11ClN2. The van der Waals surface area contributed by atoms with Gasteiger partial charge in [0.25, 0.3) is 0 Å². The van der Waals surface area contributed by atoms with Crippen molar-refractivity contribution in [3.63, 3.8) is 0 Å². The summed E-state index contributed by atoms with van der Waals surface area (Å²) in [6.45, 7) is 3.97. The molecule has 0 radical (unpaired) electrons. The van der Waals surface area contributed by atoms with Crippen LogP contribution in [0.5, 0.6) is 0 Å². The van der Waals surface area contributed by atoms with E-state index in [1.165, 1.54) is 0 Å². The molecule has 2 nitrogen and oxygen atoms in total. The summed E-state index contributed by atoms with van der Waals surface area (Å²) in [5.74, 6) is 0. The normalized spacial score (nSPS) is 13.5. The van der Waals surface area contributed by atoms with Gasteiger partial charge in [0.1, 0.15) is 0 Å². The maximum Gasteiger partial charge on any atom is 0.0925 e. The van der Waals surface area contributed by atoms with Crippen LogP contribution in [0.25, 0.3) is 0 Å². The molecule has 1 heterocycles. The van der Waals surface area contributed by atoms with Gasteiger partial charge in [-0.2, -0.15) is 0 Å². The van der Waals surface area contributed by atoms with E-state index in [9.17, 15) is 0 Å². The average Bonchev–Trinajstić information content (AvgIpc) is 2.15. The monoisotopic (exact) mass is 158 g/mol. The van der Waals surface area contributed by atoms with Crippen LogP contribution < -0.4 is 0 Å². The fourth-order valence-corrected chi connectivity index (χ4v) is 1.01. The Hall–Kier alpha value is -0.500. The first-order valence-electron chi connectivity index (χ1n) is 3.33. The largest absolute Gasteiger partial charge is 0.348 e. The van der Waals surface area contributed by atoms with E-state index in [-0.39, 0.29) is 5.38 Å². The minimum Gasteiger partial charge on any atom is -0.348 e. The fourth-order valence-electron chi connectivity index (χ4n) is 0.859. The van der Waals surface area contributed by atoms with Crippen molar-refractivity contribution in [3.8, 4) is 0 Å². The van der Waals surface area contributed by atoms with Gasteiger partial charge in [0.05, 0.1) is 12.0 Å². The zero-order valence-electron chi connectivity index (χ0n) is 6.19. The van der Waals surface area contributed by atoms with Crippen molar-refractivity contribution in [1.82, 2.24) is 9.97 Å². The molecule has 1 aromatic rings. The molecule has 0 amide bonds. The topological polar surface area (TPSA) is 28.7 Å². The smallest absolute Gasteiger partial charge is 0.0925 e. The Morgan fingerprint density at radius 2 is 2.50 bits per heavy atom. The maximum absolute atomic E-state index is 5.79. The summed E-state index contributed by atoms with van der Waals surface area (Å²) < 4.78 is 0. The van der Waals surface area contributed by atoms with Gasteiger partial charge in [0, 0.05) is 17.5 Å². The van der Waals surface area contributed by atoms with Crippen molar-refractivity contribution >= 4 is 11.6 Å². The number of aromatic amines is 1. The molecule has 1 aromatic heterocycles. The van der Waals surface area contributed by atoms with Crippen LogP contribution in [0.1, 0.15) is 18.3 Å². The molecule has 56 valence electrons. The molecule has 0 aliphatic carbocycles. The molecule has 0 aliphatic heterocycles. The summed E-state index contributed by atoms with van der Waals surface area (Å²) in [6.07, 6.45) is 2.54. The summed E-state index contributed by atoms with van der Waals surface area (Å²) in [4.78, 5) is 7.12. The minimum atomic E-state index is 0.169. The molecule has 0 fully saturated rings. The summed E-state index contributed by atoms with van der Waals surface area (Å²) in [5, 5.41) is 0.169. The Kier molecular flexibility index (Phi) is 2.33. The second-order valence-electron chi connectivity index (χ2n) is 2.46. The molecular weight excluding hydrogens is 148 g/mol. The number of H-pyrrole nitrogens is 1. The van der Waals surface area contributed by atoms with Gasteiger partial charge in [-0.1, -0.05) is 0 Å². The van der Waals surface area contributed by atoms with Crippen molar-refractivity contribution in [1.29, 1.82) is 0 Å². The SMILES string of the molecule is Cc1[nH]cnc1CC(C)Cl. The first-order valence-corrected chi connectivity index (χ1v) is 3.76. The summed E-state index contributed by atoms with van der Waals surface area (Å²) in [5.41, 5.74) is 2.19. The summed E-state index contributed by atoms with van der Waals surface area (Å²) in [7, 11) is 0. The van der Waals surface area contributed by atoms with Crippen LogP contribution in [-0.2, 0) is 6.42 Å². The first-order chi connectivity index (χ1) is 4.70. The Morgan fingerprint density at radius 1 is 1.80 bits per heavy atom. The Morgan fingerprint density at radius 3 is 2.90 bits per heavy atom. The quantitative estimate of drug-likeness (QED) is 0.655. The molecule has 0 spiro atoms. The van der Waals surface area contributed by atoms with E-state index in [2.05, 4.69) is 9.97 Å². The van der Waals surface area contributed by atoms with Gasteiger partial charge in [-0.3, -0.25) is 0 Å². The van der Waals surface area contributed by atoms with Crippen LogP contribution in [0.4, 0.5) is 0 Å². The van der Waals surface area contributed by atoms with Crippen molar-refractivity contribution in [2.45, 2.75) is 25.6 Å². The zero-order chi connectivity index (χ0) is 7.56. The van der Waals surface area contributed by atoms with Crippen LogP contribution in [0, 0.1) is 6.92 Å². The minimum absolute atomic E-state index is 0.169.